The molecule has 0 unspecified atom stereocenters. The van der Waals surface area contributed by atoms with E-state index >= 15 is 0 Å². The van der Waals surface area contributed by atoms with Gasteiger partial charge in [-0.3, -0.25) is 0 Å². The number of quaternary nitrogens is 1. The van der Waals surface area contributed by atoms with Crippen LogP contribution < -0.4 is 0 Å². The van der Waals surface area contributed by atoms with E-state index in [1.165, 1.54) is 0 Å². The maximum Gasteiger partial charge on any atom is 0.155 e. The van der Waals surface area contributed by atoms with Crippen LogP contribution in [0.3, 0.4) is 0 Å². The van der Waals surface area contributed by atoms with Gasteiger partial charge in [-0.1, -0.05) is 18.5 Å². The van der Waals surface area contributed by atoms with Crippen LogP contribution in [0.15, 0.2) is 0 Å². The molecule has 0 aromatic heterocycles. The highest BCUT2D eigenvalue weighted by atomic mass is 35.5. The van der Waals surface area contributed by atoms with E-state index in [4.69, 9.17) is 11.6 Å². The van der Waals surface area contributed by atoms with Crippen molar-refractivity contribution < 1.29 is 8.96 Å². The first-order valence-electron chi connectivity index (χ1n) is 4.54. The number of nitrogens with zero attached hydrogens (tertiary/aromatic N) is 2. The predicted octanol–water partition coefficient (Wildman–Crippen LogP) is 1.61. The molecule has 1 heterocycles. The van der Waals surface area contributed by atoms with Crippen LogP contribution in [0.5, 0.6) is 0 Å². The predicted molar refractivity (Wildman–Crippen MR) is 48.6 cm³/mol. The summed E-state index contributed by atoms with van der Waals surface area (Å²) in [6, 6.07) is 0.627. The number of hydrogen-bond donors (Lipinski definition) is 0. The molecule has 1 aliphatic heterocycles. The highest BCUT2D eigenvalue weighted by Crippen LogP contribution is 2.15. The first-order chi connectivity index (χ1) is 5.72. The molecule has 0 aliphatic carbocycles. The zero-order valence-corrected chi connectivity index (χ0v) is 8.36. The summed E-state index contributed by atoms with van der Waals surface area (Å²) in [6.45, 7) is 6.01. The first-order valence-corrected chi connectivity index (χ1v) is 5.08. The lowest BCUT2D eigenvalue weighted by Gasteiger charge is -2.40. The van der Waals surface area contributed by atoms with Crippen molar-refractivity contribution in [2.24, 2.45) is 0 Å². The Balaban J connectivity index is 2.45. The third kappa shape index (κ3) is 2.31. The molecule has 1 aliphatic rings. The minimum Gasteiger partial charge on any atom is -0.309 e. The van der Waals surface area contributed by atoms with Gasteiger partial charge in [0.2, 0.25) is 0 Å². The minimum atomic E-state index is 0.534. The molecule has 72 valence electrons. The van der Waals surface area contributed by atoms with Crippen LogP contribution in [0, 0.1) is 0 Å². The van der Waals surface area contributed by atoms with Gasteiger partial charge in [0.15, 0.2) is 6.00 Å². The van der Waals surface area contributed by atoms with E-state index in [0.29, 0.717) is 19.1 Å². The van der Waals surface area contributed by atoms with Crippen LogP contribution in [-0.4, -0.2) is 48.3 Å². The Kier molecular flexibility index (Phi) is 3.75. The van der Waals surface area contributed by atoms with Crippen LogP contribution in [0.2, 0.25) is 0 Å². The molecule has 0 radical (unpaired) electrons. The molecule has 2 nitrogen and oxygen atoms in total. The van der Waals surface area contributed by atoms with Gasteiger partial charge in [-0.05, 0) is 6.42 Å². The van der Waals surface area contributed by atoms with E-state index in [9.17, 15) is 4.48 Å². The molecular formula is C8H17ClFN2+. The molecule has 1 saturated heterocycles. The SMILES string of the molecule is CCC[N+]1(CCl)CCN(F)CC1. The Hall–Kier alpha value is 0.140. The van der Waals surface area contributed by atoms with Crippen molar-refractivity contribution in [3.05, 3.63) is 0 Å². The summed E-state index contributed by atoms with van der Waals surface area (Å²) in [7, 11) is 0. The maximum atomic E-state index is 12.7. The van der Waals surface area contributed by atoms with Gasteiger partial charge in [0.1, 0.15) is 0 Å². The molecule has 0 N–H and O–H groups in total. The fraction of sp³-hybridized carbons (Fsp3) is 1.00. The highest BCUT2D eigenvalue weighted by Gasteiger charge is 2.31. The first kappa shape index (κ1) is 10.2. The van der Waals surface area contributed by atoms with E-state index in [-0.39, 0.29) is 0 Å². The summed E-state index contributed by atoms with van der Waals surface area (Å²) < 4.78 is 13.6. The van der Waals surface area contributed by atoms with Crippen LogP contribution in [-0.2, 0) is 0 Å². The third-order valence-electron chi connectivity index (χ3n) is 2.59. The minimum absolute atomic E-state index is 0.534. The normalized spacial score (nSPS) is 24.2. The maximum absolute atomic E-state index is 12.7. The van der Waals surface area contributed by atoms with Crippen LogP contribution >= 0.6 is 11.6 Å². The highest BCUT2D eigenvalue weighted by molar-refractivity contribution is 6.16. The molecule has 0 amide bonds. The topological polar surface area (TPSA) is 3.24 Å². The lowest BCUT2D eigenvalue weighted by molar-refractivity contribution is -0.923. The molecule has 4 heteroatoms. The fourth-order valence-corrected chi connectivity index (χ4v) is 2.10. The smallest absolute Gasteiger partial charge is 0.155 e. The average Bonchev–Trinajstić information content (AvgIpc) is 2.10. The third-order valence-corrected chi connectivity index (χ3v) is 3.09. The molecule has 12 heavy (non-hydrogen) atoms. The van der Waals surface area contributed by atoms with E-state index in [1.807, 2.05) is 0 Å². The van der Waals surface area contributed by atoms with Crippen molar-refractivity contribution in [1.82, 2.24) is 5.12 Å². The van der Waals surface area contributed by atoms with Crippen molar-refractivity contribution in [3.63, 3.8) is 0 Å². The Morgan fingerprint density at radius 3 is 2.42 bits per heavy atom. The van der Waals surface area contributed by atoms with Gasteiger partial charge in [-0.15, -0.1) is 9.60 Å². The lowest BCUT2D eigenvalue weighted by atomic mass is 10.2. The molecule has 0 bridgehead atoms. The summed E-state index contributed by atoms with van der Waals surface area (Å²) in [4.78, 5) is 0. The standard InChI is InChI=1S/C8H17ClFN2/c1-2-5-12(8-9)6-3-11(10)4-7-12/h2-8H2,1H3/q+1. The van der Waals surface area contributed by atoms with E-state index in [0.717, 1.165) is 35.7 Å². The molecule has 1 rings (SSSR count). The van der Waals surface area contributed by atoms with Gasteiger partial charge in [-0.25, -0.2) is 0 Å². The van der Waals surface area contributed by atoms with Crippen LogP contribution in [0.25, 0.3) is 0 Å². The van der Waals surface area contributed by atoms with Gasteiger partial charge >= 0.3 is 0 Å². The summed E-state index contributed by atoms with van der Waals surface area (Å²) >= 11 is 5.89. The molecule has 0 aromatic rings. The fourth-order valence-electron chi connectivity index (χ4n) is 1.74. The Labute approximate surface area is 78.4 Å². The van der Waals surface area contributed by atoms with Gasteiger partial charge in [0, 0.05) is 0 Å². The van der Waals surface area contributed by atoms with Crippen molar-refractivity contribution in [1.29, 1.82) is 0 Å². The second-order valence-corrected chi connectivity index (χ2v) is 3.78. The zero-order valence-electron chi connectivity index (χ0n) is 7.60. The van der Waals surface area contributed by atoms with Gasteiger partial charge in [0.25, 0.3) is 0 Å². The monoisotopic (exact) mass is 195 g/mol. The zero-order chi connectivity index (χ0) is 9.03. The van der Waals surface area contributed by atoms with Crippen molar-refractivity contribution in [2.45, 2.75) is 13.3 Å². The lowest BCUT2D eigenvalue weighted by Crippen LogP contribution is -2.57. The van der Waals surface area contributed by atoms with Gasteiger partial charge < -0.3 is 4.48 Å². The summed E-state index contributed by atoms with van der Waals surface area (Å²) in [5.74, 6) is 0. The number of hydrogen-bond acceptors (Lipinski definition) is 1. The molecule has 0 atom stereocenters. The molecule has 1 fully saturated rings. The quantitative estimate of drug-likeness (QED) is 0.286. The van der Waals surface area contributed by atoms with Crippen LogP contribution in [0.4, 0.5) is 4.48 Å². The number of rotatable bonds is 3. The molecular weight excluding hydrogens is 179 g/mol. The average molecular weight is 196 g/mol. The second kappa shape index (κ2) is 4.40. The summed E-state index contributed by atoms with van der Waals surface area (Å²) in [5.41, 5.74) is 0. The van der Waals surface area contributed by atoms with Crippen LogP contribution in [0.1, 0.15) is 13.3 Å². The summed E-state index contributed by atoms with van der Waals surface area (Å²) in [6.07, 6.45) is 1.12. The number of halogens is 2. The number of alkyl halides is 1. The van der Waals surface area contributed by atoms with E-state index in [1.54, 1.807) is 0 Å². The Morgan fingerprint density at radius 1 is 1.42 bits per heavy atom. The summed E-state index contributed by atoms with van der Waals surface area (Å²) in [5, 5.41) is 0.888. The second-order valence-electron chi connectivity index (χ2n) is 3.54. The van der Waals surface area contributed by atoms with Gasteiger partial charge in [-0.2, -0.15) is 0 Å². The molecule has 0 spiro atoms. The Bertz CT molecular complexity index is 135. The molecule has 0 saturated carbocycles. The largest absolute Gasteiger partial charge is 0.309 e. The molecule has 0 aromatic carbocycles. The van der Waals surface area contributed by atoms with Crippen molar-refractivity contribution >= 4 is 11.6 Å². The number of piperazine rings is 1. The van der Waals surface area contributed by atoms with Gasteiger partial charge in [0.05, 0.1) is 32.7 Å². The van der Waals surface area contributed by atoms with E-state index < -0.39 is 0 Å². The van der Waals surface area contributed by atoms with Crippen molar-refractivity contribution in [3.8, 4) is 0 Å². The van der Waals surface area contributed by atoms with Crippen molar-refractivity contribution in [2.75, 3.05) is 38.7 Å². The Morgan fingerprint density at radius 2 is 2.00 bits per heavy atom. The van der Waals surface area contributed by atoms with E-state index in [2.05, 4.69) is 6.92 Å².